The second kappa shape index (κ2) is 5.32. The first-order valence-electron chi connectivity index (χ1n) is 4.60. The molecule has 1 rings (SSSR count). The average molecular weight is 187 g/mol. The van der Waals surface area contributed by atoms with Crippen LogP contribution < -0.4 is 0 Å². The number of methoxy groups -OCH3 is 1. The monoisotopic (exact) mass is 187 g/mol. The van der Waals surface area contributed by atoms with Crippen molar-refractivity contribution in [2.75, 3.05) is 40.0 Å². The number of ketones is 1. The van der Waals surface area contributed by atoms with Crippen molar-refractivity contribution >= 4 is 5.78 Å². The summed E-state index contributed by atoms with van der Waals surface area (Å²) in [7, 11) is 1.53. The van der Waals surface area contributed by atoms with Crippen LogP contribution in [-0.4, -0.2) is 55.7 Å². The minimum Gasteiger partial charge on any atom is -0.396 e. The highest BCUT2D eigenvalue weighted by Gasteiger charge is 2.22. The summed E-state index contributed by atoms with van der Waals surface area (Å²) < 4.78 is 4.74. The zero-order chi connectivity index (χ0) is 9.68. The van der Waals surface area contributed by atoms with E-state index in [1.54, 1.807) is 0 Å². The Hall–Kier alpha value is -0.450. The molecule has 1 N–H and O–H groups in total. The maximum atomic E-state index is 11.2. The number of aliphatic hydroxyl groups excluding tert-OH is 1. The van der Waals surface area contributed by atoms with Crippen LogP contribution >= 0.6 is 0 Å². The molecule has 0 amide bonds. The lowest BCUT2D eigenvalue weighted by Crippen LogP contribution is -2.30. The molecule has 1 fully saturated rings. The second-order valence-electron chi connectivity index (χ2n) is 3.54. The minimum atomic E-state index is 0.112. The first kappa shape index (κ1) is 10.6. The molecule has 76 valence electrons. The molecule has 0 aliphatic carbocycles. The van der Waals surface area contributed by atoms with Crippen molar-refractivity contribution in [1.29, 1.82) is 0 Å². The van der Waals surface area contributed by atoms with Gasteiger partial charge in [-0.3, -0.25) is 9.69 Å². The number of rotatable bonds is 5. The minimum absolute atomic E-state index is 0.112. The highest BCUT2D eigenvalue weighted by Crippen LogP contribution is 2.14. The third-order valence-electron chi connectivity index (χ3n) is 2.33. The molecule has 0 aromatic rings. The van der Waals surface area contributed by atoms with Crippen LogP contribution in [0.15, 0.2) is 0 Å². The summed E-state index contributed by atoms with van der Waals surface area (Å²) >= 11 is 0. The maximum Gasteiger partial charge on any atom is 0.172 e. The highest BCUT2D eigenvalue weighted by atomic mass is 16.5. The summed E-state index contributed by atoms with van der Waals surface area (Å²) in [5.41, 5.74) is 0. The number of hydrogen-bond acceptors (Lipinski definition) is 4. The third-order valence-corrected chi connectivity index (χ3v) is 2.33. The molecule has 0 saturated carbocycles. The fraction of sp³-hybridized carbons (Fsp3) is 0.889. The van der Waals surface area contributed by atoms with Gasteiger partial charge in [0.25, 0.3) is 0 Å². The number of ether oxygens (including phenoxy) is 1. The van der Waals surface area contributed by atoms with Crippen LogP contribution in [0, 0.1) is 5.92 Å². The second-order valence-corrected chi connectivity index (χ2v) is 3.54. The molecular weight excluding hydrogens is 170 g/mol. The first-order valence-corrected chi connectivity index (χ1v) is 4.60. The predicted molar refractivity (Wildman–Crippen MR) is 48.5 cm³/mol. The molecule has 1 saturated heterocycles. The molecule has 0 aromatic carbocycles. The number of hydrogen-bond donors (Lipinski definition) is 1. The van der Waals surface area contributed by atoms with E-state index in [-0.39, 0.29) is 19.0 Å². The normalized spacial score (nSPS) is 23.7. The maximum absolute atomic E-state index is 11.2. The van der Waals surface area contributed by atoms with Gasteiger partial charge < -0.3 is 9.84 Å². The number of Topliss-reactive ketones (excluding diaryl/α,β-unsaturated/α-hetero) is 1. The van der Waals surface area contributed by atoms with Gasteiger partial charge >= 0.3 is 0 Å². The van der Waals surface area contributed by atoms with Gasteiger partial charge in [0.1, 0.15) is 6.61 Å². The van der Waals surface area contributed by atoms with Gasteiger partial charge in [-0.2, -0.15) is 0 Å². The fourth-order valence-corrected chi connectivity index (χ4v) is 1.66. The molecule has 1 atom stereocenters. The largest absolute Gasteiger partial charge is 0.396 e. The molecule has 0 aromatic heterocycles. The zero-order valence-corrected chi connectivity index (χ0v) is 8.03. The van der Waals surface area contributed by atoms with E-state index in [1.165, 1.54) is 7.11 Å². The Balaban J connectivity index is 2.19. The quantitative estimate of drug-likeness (QED) is 0.631. The van der Waals surface area contributed by atoms with Crippen molar-refractivity contribution in [3.63, 3.8) is 0 Å². The fourth-order valence-electron chi connectivity index (χ4n) is 1.66. The summed E-state index contributed by atoms with van der Waals surface area (Å²) in [6.07, 6.45) is 0.997. The van der Waals surface area contributed by atoms with E-state index in [0.29, 0.717) is 12.5 Å². The van der Waals surface area contributed by atoms with E-state index in [1.807, 2.05) is 0 Å². The summed E-state index contributed by atoms with van der Waals surface area (Å²) in [5.74, 6) is 0.469. The van der Waals surface area contributed by atoms with Crippen LogP contribution in [-0.2, 0) is 9.53 Å². The number of carbonyl (C=O) groups excluding carboxylic acids is 1. The molecule has 0 spiro atoms. The van der Waals surface area contributed by atoms with Crippen LogP contribution in [0.4, 0.5) is 0 Å². The number of carbonyl (C=O) groups is 1. The first-order chi connectivity index (χ1) is 6.26. The van der Waals surface area contributed by atoms with Gasteiger partial charge in [-0.05, 0) is 18.9 Å². The lowest BCUT2D eigenvalue weighted by Gasteiger charge is -2.13. The summed E-state index contributed by atoms with van der Waals surface area (Å²) in [4.78, 5) is 13.2. The van der Waals surface area contributed by atoms with E-state index in [2.05, 4.69) is 4.90 Å². The van der Waals surface area contributed by atoms with E-state index >= 15 is 0 Å². The molecule has 0 radical (unpaired) electrons. The van der Waals surface area contributed by atoms with Crippen molar-refractivity contribution in [3.05, 3.63) is 0 Å². The summed E-state index contributed by atoms with van der Waals surface area (Å²) in [5, 5.41) is 8.89. The molecule has 1 heterocycles. The van der Waals surface area contributed by atoms with Crippen LogP contribution in [0.1, 0.15) is 6.42 Å². The van der Waals surface area contributed by atoms with Crippen molar-refractivity contribution in [1.82, 2.24) is 4.90 Å². The predicted octanol–water partition coefficient (Wildman–Crippen LogP) is -0.484. The molecule has 13 heavy (non-hydrogen) atoms. The molecule has 1 unspecified atom stereocenters. The van der Waals surface area contributed by atoms with Gasteiger partial charge in [0.2, 0.25) is 0 Å². The Kier molecular flexibility index (Phi) is 4.35. The SMILES string of the molecule is COCC(=O)CN1CCC(CO)C1. The zero-order valence-electron chi connectivity index (χ0n) is 8.03. The van der Waals surface area contributed by atoms with Crippen molar-refractivity contribution in [2.45, 2.75) is 6.42 Å². The van der Waals surface area contributed by atoms with Crippen LogP contribution in [0.2, 0.25) is 0 Å². The van der Waals surface area contributed by atoms with Gasteiger partial charge in [-0.15, -0.1) is 0 Å². The van der Waals surface area contributed by atoms with Crippen LogP contribution in [0.25, 0.3) is 0 Å². The Bertz CT molecular complexity index is 172. The molecule has 1 aliphatic heterocycles. The standard InChI is InChI=1S/C9H17NO3/c1-13-7-9(12)5-10-3-2-8(4-10)6-11/h8,11H,2-7H2,1H3. The Morgan fingerprint density at radius 3 is 3.00 bits per heavy atom. The number of likely N-dealkylation sites (tertiary alicyclic amines) is 1. The lowest BCUT2D eigenvalue weighted by molar-refractivity contribution is -0.123. The molecule has 0 bridgehead atoms. The number of aliphatic hydroxyl groups is 1. The summed E-state index contributed by atoms with van der Waals surface area (Å²) in [6, 6.07) is 0. The van der Waals surface area contributed by atoms with Gasteiger partial charge in [-0.25, -0.2) is 0 Å². The molecule has 4 heteroatoms. The number of nitrogens with zero attached hydrogens (tertiary/aromatic N) is 1. The van der Waals surface area contributed by atoms with Gasteiger partial charge in [-0.1, -0.05) is 0 Å². The highest BCUT2D eigenvalue weighted by molar-refractivity contribution is 5.81. The van der Waals surface area contributed by atoms with Crippen molar-refractivity contribution in [2.24, 2.45) is 5.92 Å². The van der Waals surface area contributed by atoms with Gasteiger partial charge in [0.05, 0.1) is 6.54 Å². The van der Waals surface area contributed by atoms with Crippen LogP contribution in [0.5, 0.6) is 0 Å². The van der Waals surface area contributed by atoms with Crippen LogP contribution in [0.3, 0.4) is 0 Å². The molecular formula is C9H17NO3. The Morgan fingerprint density at radius 1 is 1.69 bits per heavy atom. The Labute approximate surface area is 78.5 Å². The van der Waals surface area contributed by atoms with E-state index < -0.39 is 0 Å². The smallest absolute Gasteiger partial charge is 0.172 e. The van der Waals surface area contributed by atoms with Crippen molar-refractivity contribution in [3.8, 4) is 0 Å². The van der Waals surface area contributed by atoms with Gasteiger partial charge in [0, 0.05) is 20.3 Å². The van der Waals surface area contributed by atoms with Gasteiger partial charge in [0.15, 0.2) is 5.78 Å². The van der Waals surface area contributed by atoms with Crippen molar-refractivity contribution < 1.29 is 14.6 Å². The molecule has 1 aliphatic rings. The lowest BCUT2D eigenvalue weighted by atomic mass is 10.1. The van der Waals surface area contributed by atoms with E-state index in [0.717, 1.165) is 19.5 Å². The third kappa shape index (κ3) is 3.42. The Morgan fingerprint density at radius 2 is 2.46 bits per heavy atom. The summed E-state index contributed by atoms with van der Waals surface area (Å²) in [6.45, 7) is 2.65. The average Bonchev–Trinajstić information content (AvgIpc) is 2.52. The van der Waals surface area contributed by atoms with E-state index in [9.17, 15) is 4.79 Å². The molecule has 4 nitrogen and oxygen atoms in total. The van der Waals surface area contributed by atoms with E-state index in [4.69, 9.17) is 9.84 Å². The topological polar surface area (TPSA) is 49.8 Å².